The van der Waals surface area contributed by atoms with Gasteiger partial charge >= 0.3 is 11.9 Å². The molecule has 0 heterocycles. The maximum Gasteiger partial charge on any atom is 0.314 e. The molecule has 0 spiro atoms. The second-order valence-corrected chi connectivity index (χ2v) is 3.46. The summed E-state index contributed by atoms with van der Waals surface area (Å²) in [6, 6.07) is 0. The first kappa shape index (κ1) is 9.77. The van der Waals surface area contributed by atoms with E-state index < -0.39 is 23.3 Å². The summed E-state index contributed by atoms with van der Waals surface area (Å²) in [7, 11) is 0. The molecule has 0 saturated heterocycles. The highest BCUT2D eigenvalue weighted by atomic mass is 16.4. The van der Waals surface area contributed by atoms with Crippen LogP contribution in [0.5, 0.6) is 0 Å². The van der Waals surface area contributed by atoms with E-state index in [1.165, 1.54) is 13.0 Å². The highest BCUT2D eigenvalue weighted by molar-refractivity contribution is 5.85. The van der Waals surface area contributed by atoms with Gasteiger partial charge in [0.05, 0.1) is 11.3 Å². The second kappa shape index (κ2) is 3.20. The van der Waals surface area contributed by atoms with Gasteiger partial charge in [0.15, 0.2) is 0 Å². The highest BCUT2D eigenvalue weighted by Gasteiger charge is 2.44. The summed E-state index contributed by atoms with van der Waals surface area (Å²) in [4.78, 5) is 21.7. The molecule has 0 radical (unpaired) electrons. The Balaban J connectivity index is 3.02. The average molecular weight is 184 g/mol. The molecule has 13 heavy (non-hydrogen) atoms. The molecule has 1 aliphatic carbocycles. The Bertz CT molecular complexity index is 269. The minimum atomic E-state index is -1.25. The number of carbonyl (C=O) groups is 2. The van der Waals surface area contributed by atoms with Crippen LogP contribution < -0.4 is 0 Å². The lowest BCUT2D eigenvalue weighted by Gasteiger charge is -2.30. The zero-order chi connectivity index (χ0) is 10.1. The summed E-state index contributed by atoms with van der Waals surface area (Å²) in [5, 5.41) is 17.7. The van der Waals surface area contributed by atoms with Crippen molar-refractivity contribution in [3.63, 3.8) is 0 Å². The molecule has 2 atom stereocenters. The standard InChI is InChI=1S/C9H12O4/c1-9(8(12)13)5-3-2-4-6(9)7(10)11/h3,5-6H,2,4H2,1H3,(H,10,11)(H,12,13). The molecule has 0 saturated carbocycles. The van der Waals surface area contributed by atoms with Crippen LogP contribution in [0.1, 0.15) is 19.8 Å². The lowest BCUT2D eigenvalue weighted by atomic mass is 9.71. The Morgan fingerprint density at radius 1 is 1.46 bits per heavy atom. The quantitative estimate of drug-likeness (QED) is 0.631. The molecule has 1 aliphatic rings. The van der Waals surface area contributed by atoms with Crippen LogP contribution in [0, 0.1) is 11.3 Å². The molecule has 0 aromatic rings. The Labute approximate surface area is 75.9 Å². The molecule has 0 aromatic heterocycles. The van der Waals surface area contributed by atoms with E-state index in [1.54, 1.807) is 6.08 Å². The Morgan fingerprint density at radius 3 is 2.46 bits per heavy atom. The van der Waals surface area contributed by atoms with Crippen molar-refractivity contribution in [2.24, 2.45) is 11.3 Å². The summed E-state index contributed by atoms with van der Waals surface area (Å²) in [5.74, 6) is -2.92. The molecule has 1 rings (SSSR count). The maximum atomic E-state index is 10.9. The van der Waals surface area contributed by atoms with E-state index in [9.17, 15) is 9.59 Å². The van der Waals surface area contributed by atoms with E-state index in [1.807, 2.05) is 0 Å². The molecule has 0 amide bonds. The van der Waals surface area contributed by atoms with Crippen LogP contribution in [0.4, 0.5) is 0 Å². The number of rotatable bonds is 2. The Hall–Kier alpha value is -1.32. The molecule has 0 bridgehead atoms. The van der Waals surface area contributed by atoms with Crippen molar-refractivity contribution in [3.8, 4) is 0 Å². The fraction of sp³-hybridized carbons (Fsp3) is 0.556. The topological polar surface area (TPSA) is 74.6 Å². The zero-order valence-corrected chi connectivity index (χ0v) is 7.36. The van der Waals surface area contributed by atoms with Gasteiger partial charge in [-0.05, 0) is 19.8 Å². The van der Waals surface area contributed by atoms with Crippen LogP contribution in [0.2, 0.25) is 0 Å². The molecular weight excluding hydrogens is 172 g/mol. The monoisotopic (exact) mass is 184 g/mol. The van der Waals surface area contributed by atoms with Crippen molar-refractivity contribution in [2.75, 3.05) is 0 Å². The number of aliphatic carboxylic acids is 2. The smallest absolute Gasteiger partial charge is 0.314 e. The van der Waals surface area contributed by atoms with E-state index >= 15 is 0 Å². The molecule has 4 heteroatoms. The molecule has 72 valence electrons. The molecule has 2 N–H and O–H groups in total. The molecule has 2 unspecified atom stereocenters. The van der Waals surface area contributed by atoms with Crippen LogP contribution in [-0.4, -0.2) is 22.2 Å². The van der Waals surface area contributed by atoms with Gasteiger partial charge < -0.3 is 10.2 Å². The zero-order valence-electron chi connectivity index (χ0n) is 7.36. The normalized spacial score (nSPS) is 32.8. The van der Waals surface area contributed by atoms with Crippen molar-refractivity contribution >= 4 is 11.9 Å². The average Bonchev–Trinajstić information content (AvgIpc) is 2.04. The molecular formula is C9H12O4. The van der Waals surface area contributed by atoms with Crippen molar-refractivity contribution in [3.05, 3.63) is 12.2 Å². The van der Waals surface area contributed by atoms with Gasteiger partial charge in [-0.25, -0.2) is 0 Å². The first-order valence-corrected chi connectivity index (χ1v) is 4.12. The minimum absolute atomic E-state index is 0.397. The molecule has 0 aliphatic heterocycles. The predicted molar refractivity (Wildman–Crippen MR) is 45.2 cm³/mol. The van der Waals surface area contributed by atoms with Crippen molar-refractivity contribution < 1.29 is 19.8 Å². The third-order valence-corrected chi connectivity index (χ3v) is 2.57. The van der Waals surface area contributed by atoms with Gasteiger partial charge in [0, 0.05) is 0 Å². The summed E-state index contributed by atoms with van der Waals surface area (Å²) in [6.07, 6.45) is 4.25. The second-order valence-electron chi connectivity index (χ2n) is 3.46. The van der Waals surface area contributed by atoms with Gasteiger partial charge in [-0.3, -0.25) is 9.59 Å². The van der Waals surface area contributed by atoms with Crippen molar-refractivity contribution in [1.82, 2.24) is 0 Å². The fourth-order valence-electron chi connectivity index (χ4n) is 1.61. The lowest BCUT2D eigenvalue weighted by Crippen LogP contribution is -2.40. The molecule has 0 fully saturated rings. The number of carboxylic acids is 2. The van der Waals surface area contributed by atoms with Gasteiger partial charge in [-0.1, -0.05) is 12.2 Å². The van der Waals surface area contributed by atoms with Gasteiger partial charge in [-0.15, -0.1) is 0 Å². The van der Waals surface area contributed by atoms with E-state index in [0.717, 1.165) is 0 Å². The van der Waals surface area contributed by atoms with Crippen molar-refractivity contribution in [1.29, 1.82) is 0 Å². The summed E-state index contributed by atoms with van der Waals surface area (Å²) in [6.45, 7) is 1.45. The minimum Gasteiger partial charge on any atom is -0.481 e. The van der Waals surface area contributed by atoms with Gasteiger partial charge in [0.25, 0.3) is 0 Å². The number of hydrogen-bond donors (Lipinski definition) is 2. The van der Waals surface area contributed by atoms with Crippen LogP contribution in [-0.2, 0) is 9.59 Å². The largest absolute Gasteiger partial charge is 0.481 e. The Kier molecular flexibility index (Phi) is 2.40. The Morgan fingerprint density at radius 2 is 2.08 bits per heavy atom. The lowest BCUT2D eigenvalue weighted by molar-refractivity contribution is -0.158. The van der Waals surface area contributed by atoms with E-state index in [0.29, 0.717) is 12.8 Å². The SMILES string of the molecule is CC1(C(=O)O)C=CCCC1C(=O)O. The van der Waals surface area contributed by atoms with E-state index in [4.69, 9.17) is 10.2 Å². The van der Waals surface area contributed by atoms with Crippen molar-refractivity contribution in [2.45, 2.75) is 19.8 Å². The number of allylic oxidation sites excluding steroid dienone is 1. The first-order valence-electron chi connectivity index (χ1n) is 4.12. The van der Waals surface area contributed by atoms with Gasteiger partial charge in [0.1, 0.15) is 0 Å². The van der Waals surface area contributed by atoms with E-state index in [-0.39, 0.29) is 0 Å². The van der Waals surface area contributed by atoms with E-state index in [2.05, 4.69) is 0 Å². The summed E-state index contributed by atoms with van der Waals surface area (Å²) in [5.41, 5.74) is -1.25. The molecule has 4 nitrogen and oxygen atoms in total. The molecule has 0 aromatic carbocycles. The first-order chi connectivity index (χ1) is 5.98. The van der Waals surface area contributed by atoms with Gasteiger partial charge in [0.2, 0.25) is 0 Å². The van der Waals surface area contributed by atoms with Crippen LogP contribution in [0.25, 0.3) is 0 Å². The highest BCUT2D eigenvalue weighted by Crippen LogP contribution is 2.36. The summed E-state index contributed by atoms with van der Waals surface area (Å²) >= 11 is 0. The maximum absolute atomic E-state index is 10.9. The fourth-order valence-corrected chi connectivity index (χ4v) is 1.61. The number of hydrogen-bond acceptors (Lipinski definition) is 2. The van der Waals surface area contributed by atoms with Crippen LogP contribution >= 0.6 is 0 Å². The summed E-state index contributed by atoms with van der Waals surface area (Å²) < 4.78 is 0. The third-order valence-electron chi connectivity index (χ3n) is 2.57. The third kappa shape index (κ3) is 1.56. The number of carboxylic acid groups (broad SMARTS) is 2. The van der Waals surface area contributed by atoms with Crippen LogP contribution in [0.15, 0.2) is 12.2 Å². The predicted octanol–water partition coefficient (Wildman–Crippen LogP) is 1.13. The van der Waals surface area contributed by atoms with Crippen LogP contribution in [0.3, 0.4) is 0 Å². The van der Waals surface area contributed by atoms with Gasteiger partial charge in [-0.2, -0.15) is 0 Å².